The van der Waals surface area contributed by atoms with Crippen molar-refractivity contribution in [3.63, 3.8) is 0 Å². The lowest BCUT2D eigenvalue weighted by Gasteiger charge is -2.22. The lowest BCUT2D eigenvalue weighted by molar-refractivity contribution is -0.128. The predicted octanol–water partition coefficient (Wildman–Crippen LogP) is 0.628. The summed E-state index contributed by atoms with van der Waals surface area (Å²) >= 11 is 0. The number of morpholine rings is 1. The highest BCUT2D eigenvalue weighted by atomic mass is 16.5. The van der Waals surface area contributed by atoms with Gasteiger partial charge in [-0.1, -0.05) is 6.07 Å². The number of benzene rings is 1. The van der Waals surface area contributed by atoms with Gasteiger partial charge in [-0.25, -0.2) is 0 Å². The zero-order valence-corrected chi connectivity index (χ0v) is 9.69. The molecule has 1 saturated heterocycles. The largest absolute Gasteiger partial charge is 0.506 e. The van der Waals surface area contributed by atoms with E-state index in [-0.39, 0.29) is 11.7 Å². The Morgan fingerprint density at radius 2 is 2.41 bits per heavy atom. The molecule has 5 heteroatoms. The summed E-state index contributed by atoms with van der Waals surface area (Å²) in [4.78, 5) is 11.8. The third-order valence-corrected chi connectivity index (χ3v) is 2.63. The second kappa shape index (κ2) is 5.16. The van der Waals surface area contributed by atoms with Gasteiger partial charge in [-0.2, -0.15) is 0 Å². The first kappa shape index (κ1) is 11.9. The van der Waals surface area contributed by atoms with E-state index in [1.807, 2.05) is 6.92 Å². The van der Waals surface area contributed by atoms with Gasteiger partial charge in [0.1, 0.15) is 11.9 Å². The molecule has 1 fully saturated rings. The summed E-state index contributed by atoms with van der Waals surface area (Å²) < 4.78 is 5.33. The lowest BCUT2D eigenvalue weighted by Crippen LogP contribution is -2.45. The molecule has 0 saturated carbocycles. The molecule has 0 unspecified atom stereocenters. The van der Waals surface area contributed by atoms with Gasteiger partial charge in [-0.15, -0.1) is 0 Å². The Hall–Kier alpha value is -1.59. The third kappa shape index (κ3) is 2.95. The third-order valence-electron chi connectivity index (χ3n) is 2.63. The molecule has 17 heavy (non-hydrogen) atoms. The van der Waals surface area contributed by atoms with Crippen LogP contribution < -0.4 is 10.6 Å². The summed E-state index contributed by atoms with van der Waals surface area (Å²) in [5.41, 5.74) is 1.39. The number of ether oxygens (including phenoxy) is 1. The van der Waals surface area contributed by atoms with E-state index in [1.54, 1.807) is 18.2 Å². The molecule has 2 rings (SSSR count). The molecule has 0 aliphatic carbocycles. The minimum absolute atomic E-state index is 0.0627. The fourth-order valence-electron chi connectivity index (χ4n) is 1.70. The second-order valence-electron chi connectivity index (χ2n) is 4.07. The van der Waals surface area contributed by atoms with Gasteiger partial charge in [0.2, 0.25) is 0 Å². The van der Waals surface area contributed by atoms with E-state index >= 15 is 0 Å². The van der Waals surface area contributed by atoms with Crippen molar-refractivity contribution in [1.82, 2.24) is 5.32 Å². The van der Waals surface area contributed by atoms with Crippen LogP contribution in [0.1, 0.15) is 5.56 Å². The lowest BCUT2D eigenvalue weighted by atomic mass is 10.2. The maximum absolute atomic E-state index is 11.8. The molecule has 0 aromatic heterocycles. The van der Waals surface area contributed by atoms with Crippen LogP contribution in [0, 0.1) is 6.92 Å². The number of anilines is 1. The minimum atomic E-state index is -0.497. The molecule has 1 aliphatic heterocycles. The van der Waals surface area contributed by atoms with E-state index < -0.39 is 6.10 Å². The van der Waals surface area contributed by atoms with Crippen LogP contribution in [0.2, 0.25) is 0 Å². The van der Waals surface area contributed by atoms with E-state index in [1.165, 1.54) is 0 Å². The number of rotatable bonds is 2. The Labute approximate surface area is 99.8 Å². The fraction of sp³-hybridized carbons (Fsp3) is 0.417. The van der Waals surface area contributed by atoms with Crippen LogP contribution in [0.15, 0.2) is 18.2 Å². The van der Waals surface area contributed by atoms with Gasteiger partial charge in [0, 0.05) is 13.1 Å². The number of carbonyl (C=O) groups excluding carboxylic acids is 1. The molecule has 0 spiro atoms. The molecule has 1 atom stereocenters. The maximum atomic E-state index is 11.8. The summed E-state index contributed by atoms with van der Waals surface area (Å²) in [7, 11) is 0. The molecule has 5 nitrogen and oxygen atoms in total. The SMILES string of the molecule is Cc1ccc(O)c(NC(=O)[C@H]2CNCCO2)c1. The minimum Gasteiger partial charge on any atom is -0.506 e. The number of aryl methyl sites for hydroxylation is 1. The first-order valence-corrected chi connectivity index (χ1v) is 5.59. The van der Waals surface area contributed by atoms with E-state index in [2.05, 4.69) is 10.6 Å². The van der Waals surface area contributed by atoms with E-state index in [0.29, 0.717) is 18.8 Å². The van der Waals surface area contributed by atoms with Crippen LogP contribution in [0.3, 0.4) is 0 Å². The summed E-state index contributed by atoms with van der Waals surface area (Å²) in [6.45, 7) is 3.68. The number of carbonyl (C=O) groups is 1. The van der Waals surface area contributed by atoms with Crippen LogP contribution in [0.5, 0.6) is 5.75 Å². The van der Waals surface area contributed by atoms with Crippen molar-refractivity contribution in [2.45, 2.75) is 13.0 Å². The Kier molecular flexibility index (Phi) is 3.61. The fourth-order valence-corrected chi connectivity index (χ4v) is 1.70. The predicted molar refractivity (Wildman–Crippen MR) is 64.1 cm³/mol. The molecule has 0 radical (unpaired) electrons. The quantitative estimate of drug-likeness (QED) is 0.659. The average Bonchev–Trinajstić information content (AvgIpc) is 2.35. The number of nitrogens with one attached hydrogen (secondary N) is 2. The number of aromatic hydroxyl groups is 1. The first-order valence-electron chi connectivity index (χ1n) is 5.59. The van der Waals surface area contributed by atoms with E-state index in [9.17, 15) is 9.90 Å². The number of phenolic OH excluding ortho intramolecular Hbond substituents is 1. The van der Waals surface area contributed by atoms with Crippen molar-refractivity contribution in [1.29, 1.82) is 0 Å². The molecule has 1 aliphatic rings. The molecule has 1 heterocycles. The molecule has 1 aromatic carbocycles. The Morgan fingerprint density at radius 3 is 3.12 bits per heavy atom. The molecular weight excluding hydrogens is 220 g/mol. The van der Waals surface area contributed by atoms with Crippen molar-refractivity contribution < 1.29 is 14.6 Å². The van der Waals surface area contributed by atoms with Crippen molar-refractivity contribution in [3.8, 4) is 5.75 Å². The molecule has 0 bridgehead atoms. The van der Waals surface area contributed by atoms with Gasteiger partial charge in [-0.05, 0) is 24.6 Å². The van der Waals surface area contributed by atoms with Crippen molar-refractivity contribution in [2.24, 2.45) is 0 Å². The topological polar surface area (TPSA) is 70.6 Å². The summed E-state index contributed by atoms with van der Waals surface area (Å²) in [5.74, 6) is -0.175. The molecule has 92 valence electrons. The highest BCUT2D eigenvalue weighted by molar-refractivity contribution is 5.95. The zero-order valence-electron chi connectivity index (χ0n) is 9.69. The molecule has 1 amide bonds. The molecular formula is C12H16N2O3. The van der Waals surface area contributed by atoms with E-state index in [4.69, 9.17) is 4.74 Å². The van der Waals surface area contributed by atoms with Gasteiger partial charge in [0.15, 0.2) is 0 Å². The summed E-state index contributed by atoms with van der Waals surface area (Å²) in [6.07, 6.45) is -0.497. The maximum Gasteiger partial charge on any atom is 0.254 e. The summed E-state index contributed by atoms with van der Waals surface area (Å²) in [5, 5.41) is 15.4. The average molecular weight is 236 g/mol. The normalized spacial score (nSPS) is 19.9. The Morgan fingerprint density at radius 1 is 1.59 bits per heavy atom. The number of hydrogen-bond acceptors (Lipinski definition) is 4. The standard InChI is InChI=1S/C12H16N2O3/c1-8-2-3-10(15)9(6-8)14-12(16)11-7-13-4-5-17-11/h2-3,6,11,13,15H,4-5,7H2,1H3,(H,14,16)/t11-/m1/s1. The zero-order chi connectivity index (χ0) is 12.3. The van der Waals surface area contributed by atoms with Crippen LogP contribution in [0.25, 0.3) is 0 Å². The van der Waals surface area contributed by atoms with Gasteiger partial charge in [-0.3, -0.25) is 4.79 Å². The summed E-state index contributed by atoms with van der Waals surface area (Å²) in [6, 6.07) is 5.07. The monoisotopic (exact) mass is 236 g/mol. The molecule has 3 N–H and O–H groups in total. The van der Waals surface area contributed by atoms with Gasteiger partial charge >= 0.3 is 0 Å². The number of amides is 1. The first-order chi connectivity index (χ1) is 8.16. The number of phenols is 1. The van der Waals surface area contributed by atoms with E-state index in [0.717, 1.165) is 12.1 Å². The van der Waals surface area contributed by atoms with Gasteiger partial charge < -0.3 is 20.5 Å². The van der Waals surface area contributed by atoms with Crippen LogP contribution in [-0.4, -0.2) is 36.8 Å². The smallest absolute Gasteiger partial charge is 0.254 e. The van der Waals surface area contributed by atoms with Gasteiger partial charge in [0.25, 0.3) is 5.91 Å². The van der Waals surface area contributed by atoms with Crippen molar-refractivity contribution >= 4 is 11.6 Å². The molecule has 1 aromatic rings. The van der Waals surface area contributed by atoms with Crippen LogP contribution in [0.4, 0.5) is 5.69 Å². The van der Waals surface area contributed by atoms with Gasteiger partial charge in [0.05, 0.1) is 12.3 Å². The number of hydrogen-bond donors (Lipinski definition) is 3. The van der Waals surface area contributed by atoms with Crippen LogP contribution in [-0.2, 0) is 9.53 Å². The van der Waals surface area contributed by atoms with Crippen LogP contribution >= 0.6 is 0 Å². The van der Waals surface area contributed by atoms with Crippen molar-refractivity contribution in [3.05, 3.63) is 23.8 Å². The van der Waals surface area contributed by atoms with Crippen molar-refractivity contribution in [2.75, 3.05) is 25.0 Å². The second-order valence-corrected chi connectivity index (χ2v) is 4.07. The Balaban J connectivity index is 2.04. The highest BCUT2D eigenvalue weighted by Gasteiger charge is 2.22. The Bertz CT molecular complexity index is 414. The highest BCUT2D eigenvalue weighted by Crippen LogP contribution is 2.24.